The van der Waals surface area contributed by atoms with Crippen molar-refractivity contribution in [1.29, 1.82) is 0 Å². The number of hydrogen-bond acceptors (Lipinski definition) is 5. The molecule has 0 aliphatic carbocycles. The van der Waals surface area contributed by atoms with E-state index in [0.29, 0.717) is 12.3 Å². The van der Waals surface area contributed by atoms with E-state index >= 15 is 0 Å². The molecule has 0 amide bonds. The molecule has 0 radical (unpaired) electrons. The SMILES string of the molecule is CC.CCOC(=O)c1cc(F)ccc1NC.CCOCC=O. The van der Waals surface area contributed by atoms with Crippen molar-refractivity contribution >= 4 is 17.9 Å². The molecule has 1 aromatic carbocycles. The number of nitrogens with one attached hydrogen (secondary N) is 1. The van der Waals surface area contributed by atoms with Crippen LogP contribution in [-0.4, -0.2) is 39.1 Å². The molecule has 0 heterocycles. The smallest absolute Gasteiger partial charge is 0.340 e. The molecule has 5 nitrogen and oxygen atoms in total. The Bertz CT molecular complexity index is 425. The molecular weight excluding hydrogens is 289 g/mol. The Kier molecular flexibility index (Phi) is 15.7. The van der Waals surface area contributed by atoms with Gasteiger partial charge in [0.1, 0.15) is 18.7 Å². The first-order valence-electron chi connectivity index (χ1n) is 7.26. The van der Waals surface area contributed by atoms with E-state index in [1.807, 2.05) is 20.8 Å². The van der Waals surface area contributed by atoms with Crippen molar-refractivity contribution in [3.63, 3.8) is 0 Å². The number of ether oxygens (including phenoxy) is 2. The topological polar surface area (TPSA) is 64.6 Å². The van der Waals surface area contributed by atoms with Gasteiger partial charge in [-0.3, -0.25) is 0 Å². The lowest BCUT2D eigenvalue weighted by atomic mass is 10.2. The predicted molar refractivity (Wildman–Crippen MR) is 85.8 cm³/mol. The van der Waals surface area contributed by atoms with Crippen molar-refractivity contribution in [3.8, 4) is 0 Å². The normalized spacial score (nSPS) is 8.64. The maximum absolute atomic E-state index is 12.8. The lowest BCUT2D eigenvalue weighted by molar-refractivity contribution is -0.111. The Hall–Kier alpha value is -1.95. The summed E-state index contributed by atoms with van der Waals surface area (Å²) in [4.78, 5) is 20.8. The molecular formula is C16H26FNO4. The summed E-state index contributed by atoms with van der Waals surface area (Å²) in [6.07, 6.45) is 0.740. The predicted octanol–water partition coefficient (Wildman–Crippen LogP) is 3.29. The van der Waals surface area contributed by atoms with E-state index in [0.717, 1.165) is 12.4 Å². The van der Waals surface area contributed by atoms with Gasteiger partial charge in [-0.1, -0.05) is 13.8 Å². The van der Waals surface area contributed by atoms with Crippen LogP contribution in [0.15, 0.2) is 18.2 Å². The molecule has 0 atom stereocenters. The van der Waals surface area contributed by atoms with Gasteiger partial charge in [0.15, 0.2) is 0 Å². The molecule has 0 aromatic heterocycles. The molecule has 0 fully saturated rings. The van der Waals surface area contributed by atoms with Gasteiger partial charge in [0.25, 0.3) is 0 Å². The van der Waals surface area contributed by atoms with Crippen LogP contribution in [0, 0.1) is 5.82 Å². The Morgan fingerprint density at radius 3 is 2.32 bits per heavy atom. The highest BCUT2D eigenvalue weighted by Gasteiger charge is 2.12. The fourth-order valence-corrected chi connectivity index (χ4v) is 1.28. The second-order valence-corrected chi connectivity index (χ2v) is 3.49. The molecule has 1 aromatic rings. The lowest BCUT2D eigenvalue weighted by Crippen LogP contribution is -2.08. The van der Waals surface area contributed by atoms with Crippen LogP contribution in [0.25, 0.3) is 0 Å². The van der Waals surface area contributed by atoms with Crippen LogP contribution in [0.5, 0.6) is 0 Å². The Morgan fingerprint density at radius 2 is 1.91 bits per heavy atom. The van der Waals surface area contributed by atoms with E-state index < -0.39 is 11.8 Å². The Labute approximate surface area is 131 Å². The fraction of sp³-hybridized carbons (Fsp3) is 0.500. The number of benzene rings is 1. The van der Waals surface area contributed by atoms with E-state index in [1.54, 1.807) is 14.0 Å². The summed E-state index contributed by atoms with van der Waals surface area (Å²) in [5.41, 5.74) is 0.777. The average molecular weight is 315 g/mol. The third-order valence-corrected chi connectivity index (χ3v) is 2.14. The summed E-state index contributed by atoms with van der Waals surface area (Å²) >= 11 is 0. The molecule has 0 aliphatic heterocycles. The highest BCUT2D eigenvalue weighted by molar-refractivity contribution is 5.95. The van der Waals surface area contributed by atoms with E-state index in [2.05, 4.69) is 10.1 Å². The molecule has 0 spiro atoms. The summed E-state index contributed by atoms with van der Waals surface area (Å²) in [5, 5.41) is 2.79. The minimum absolute atomic E-state index is 0.217. The van der Waals surface area contributed by atoms with Gasteiger partial charge < -0.3 is 19.6 Å². The van der Waals surface area contributed by atoms with Gasteiger partial charge in [-0.05, 0) is 32.0 Å². The molecule has 22 heavy (non-hydrogen) atoms. The largest absolute Gasteiger partial charge is 0.462 e. The van der Waals surface area contributed by atoms with Gasteiger partial charge in [-0.15, -0.1) is 0 Å². The highest BCUT2D eigenvalue weighted by Crippen LogP contribution is 2.17. The molecule has 1 rings (SSSR count). The van der Waals surface area contributed by atoms with Crippen LogP contribution in [0.4, 0.5) is 10.1 Å². The number of esters is 1. The molecule has 0 bridgehead atoms. The number of halogens is 1. The molecule has 1 N–H and O–H groups in total. The Balaban J connectivity index is 0. The number of hydrogen-bond donors (Lipinski definition) is 1. The molecule has 0 saturated heterocycles. The average Bonchev–Trinajstić information content (AvgIpc) is 2.55. The van der Waals surface area contributed by atoms with E-state index in [1.165, 1.54) is 12.1 Å². The number of aldehydes is 1. The molecule has 0 aliphatic rings. The van der Waals surface area contributed by atoms with Crippen molar-refractivity contribution in [2.75, 3.05) is 32.2 Å². The van der Waals surface area contributed by atoms with Gasteiger partial charge in [0.05, 0.1) is 12.2 Å². The molecule has 0 unspecified atom stereocenters. The van der Waals surface area contributed by atoms with Gasteiger partial charge >= 0.3 is 5.97 Å². The van der Waals surface area contributed by atoms with Gasteiger partial charge in [-0.25, -0.2) is 9.18 Å². The van der Waals surface area contributed by atoms with Crippen molar-refractivity contribution in [2.24, 2.45) is 0 Å². The number of carbonyl (C=O) groups is 2. The van der Waals surface area contributed by atoms with Crippen LogP contribution < -0.4 is 5.32 Å². The van der Waals surface area contributed by atoms with Crippen LogP contribution in [0.2, 0.25) is 0 Å². The maximum Gasteiger partial charge on any atom is 0.340 e. The minimum Gasteiger partial charge on any atom is -0.462 e. The Morgan fingerprint density at radius 1 is 1.27 bits per heavy atom. The first kappa shape index (κ1) is 22.3. The van der Waals surface area contributed by atoms with Gasteiger partial charge in [-0.2, -0.15) is 0 Å². The third kappa shape index (κ3) is 9.88. The van der Waals surface area contributed by atoms with Gasteiger partial charge in [0, 0.05) is 19.3 Å². The third-order valence-electron chi connectivity index (χ3n) is 2.14. The highest BCUT2D eigenvalue weighted by atomic mass is 19.1. The summed E-state index contributed by atoms with van der Waals surface area (Å²) in [7, 11) is 1.66. The number of anilines is 1. The quantitative estimate of drug-likeness (QED) is 0.496. The van der Waals surface area contributed by atoms with Crippen LogP contribution in [0.1, 0.15) is 38.1 Å². The van der Waals surface area contributed by atoms with E-state index in [-0.39, 0.29) is 18.8 Å². The second kappa shape index (κ2) is 15.4. The van der Waals surface area contributed by atoms with Crippen LogP contribution in [0.3, 0.4) is 0 Å². The van der Waals surface area contributed by atoms with Crippen LogP contribution >= 0.6 is 0 Å². The van der Waals surface area contributed by atoms with E-state index in [4.69, 9.17) is 4.74 Å². The van der Waals surface area contributed by atoms with E-state index in [9.17, 15) is 14.0 Å². The molecule has 0 saturated carbocycles. The molecule has 6 heteroatoms. The summed E-state index contributed by atoms with van der Waals surface area (Å²) in [6.45, 7) is 8.69. The second-order valence-electron chi connectivity index (χ2n) is 3.49. The maximum atomic E-state index is 12.8. The zero-order chi connectivity index (χ0) is 17.4. The fourth-order valence-electron chi connectivity index (χ4n) is 1.28. The number of rotatable bonds is 6. The monoisotopic (exact) mass is 315 g/mol. The van der Waals surface area contributed by atoms with Crippen LogP contribution in [-0.2, 0) is 14.3 Å². The standard InChI is InChI=1S/C10H12FNO2.C4H8O2.C2H6/c1-3-14-10(13)8-6-7(11)4-5-9(8)12-2;1-2-6-4-3-5;1-2/h4-6,12H,3H2,1-2H3;3H,2,4H2,1H3;1-2H3. The lowest BCUT2D eigenvalue weighted by Gasteiger charge is -2.07. The van der Waals surface area contributed by atoms with Crippen molar-refractivity contribution in [2.45, 2.75) is 27.7 Å². The van der Waals surface area contributed by atoms with Crippen molar-refractivity contribution < 1.29 is 23.5 Å². The zero-order valence-electron chi connectivity index (χ0n) is 13.9. The first-order valence-corrected chi connectivity index (χ1v) is 7.26. The minimum atomic E-state index is -0.517. The summed E-state index contributed by atoms with van der Waals surface area (Å²) < 4.78 is 22.2. The first-order chi connectivity index (χ1) is 10.6. The van der Waals surface area contributed by atoms with Crippen molar-refractivity contribution in [3.05, 3.63) is 29.6 Å². The molecule has 126 valence electrons. The van der Waals surface area contributed by atoms with Crippen molar-refractivity contribution in [1.82, 2.24) is 0 Å². The summed E-state index contributed by atoms with van der Waals surface area (Å²) in [5.74, 6) is -0.969. The number of carbonyl (C=O) groups excluding carboxylic acids is 2. The zero-order valence-corrected chi connectivity index (χ0v) is 13.9. The summed E-state index contributed by atoms with van der Waals surface area (Å²) in [6, 6.07) is 3.94. The van der Waals surface area contributed by atoms with Gasteiger partial charge in [0.2, 0.25) is 0 Å².